The highest BCUT2D eigenvalue weighted by Crippen LogP contribution is 2.59. The van der Waals surface area contributed by atoms with E-state index in [0.717, 1.165) is 38.2 Å². The third-order valence-electron chi connectivity index (χ3n) is 6.34. The number of hydrogen-bond acceptors (Lipinski definition) is 4. The van der Waals surface area contributed by atoms with Crippen LogP contribution in [-0.4, -0.2) is 14.3 Å². The molecule has 3 aliphatic rings. The summed E-state index contributed by atoms with van der Waals surface area (Å²) in [6, 6.07) is 5.42. The zero-order valence-electron chi connectivity index (χ0n) is 15.8. The largest absolute Gasteiger partial charge is 0.409 e. The van der Waals surface area contributed by atoms with E-state index in [1.165, 1.54) is 29.6 Å². The maximum absolute atomic E-state index is 11.8. The number of benzene rings is 1. The summed E-state index contributed by atoms with van der Waals surface area (Å²) in [6.45, 7) is 7.89. The summed E-state index contributed by atoms with van der Waals surface area (Å²) in [5.74, 6) is 0.0488. The molecule has 0 spiro atoms. The number of carbonyl (C=O) groups excluding carboxylic acids is 1. The van der Waals surface area contributed by atoms with E-state index < -0.39 is 16.2 Å². The number of hydrogen-bond donors (Lipinski definition) is 1. The van der Waals surface area contributed by atoms with Crippen LogP contribution in [0.25, 0.3) is 5.57 Å². The molecule has 5 nitrogen and oxygen atoms in total. The van der Waals surface area contributed by atoms with Crippen LogP contribution in [0.15, 0.2) is 35.9 Å². The Morgan fingerprint density at radius 2 is 1.96 bits per heavy atom. The standard InChI is InChI=1S/C21H25NO4S/c1-13-8-10-21(3)11-9-18-17-7-5-16(26-27(24,25)22-14(2)23)12-15(17)4-6-19(18)20(13)21/h5,7,12,20H,1,4,6,8-11H2,2-3H3,(H,22,23)/t20?,21-/m0/s1. The average Bonchev–Trinajstić information content (AvgIpc) is 2.88. The lowest BCUT2D eigenvalue weighted by molar-refractivity contribution is -0.117. The van der Waals surface area contributed by atoms with Crippen LogP contribution in [-0.2, 0) is 21.5 Å². The first kappa shape index (κ1) is 18.3. The van der Waals surface area contributed by atoms with Crippen molar-refractivity contribution >= 4 is 21.8 Å². The van der Waals surface area contributed by atoms with E-state index in [2.05, 4.69) is 13.5 Å². The van der Waals surface area contributed by atoms with Crippen molar-refractivity contribution in [2.75, 3.05) is 0 Å². The van der Waals surface area contributed by atoms with Gasteiger partial charge in [-0.3, -0.25) is 4.79 Å². The molecule has 1 saturated carbocycles. The fourth-order valence-electron chi connectivity index (χ4n) is 5.23. The van der Waals surface area contributed by atoms with Crippen LogP contribution < -0.4 is 8.91 Å². The zero-order chi connectivity index (χ0) is 19.4. The lowest BCUT2D eigenvalue weighted by atomic mass is 9.62. The molecule has 1 amide bonds. The summed E-state index contributed by atoms with van der Waals surface area (Å²) in [5, 5.41) is 0. The van der Waals surface area contributed by atoms with E-state index in [9.17, 15) is 13.2 Å². The van der Waals surface area contributed by atoms with Crippen molar-refractivity contribution in [1.29, 1.82) is 0 Å². The minimum atomic E-state index is -4.13. The molecule has 6 heteroatoms. The molecule has 1 aromatic rings. The van der Waals surface area contributed by atoms with Crippen molar-refractivity contribution < 1.29 is 17.4 Å². The van der Waals surface area contributed by atoms with Crippen LogP contribution in [0.5, 0.6) is 5.75 Å². The Kier molecular flexibility index (Phi) is 4.22. The van der Waals surface area contributed by atoms with Crippen LogP contribution in [0.4, 0.5) is 0 Å². The first-order valence-electron chi connectivity index (χ1n) is 9.44. The molecule has 0 heterocycles. The predicted octanol–water partition coefficient (Wildman–Crippen LogP) is 3.91. The molecule has 1 fully saturated rings. The minimum absolute atomic E-state index is 0.234. The highest BCUT2D eigenvalue weighted by molar-refractivity contribution is 7.85. The van der Waals surface area contributed by atoms with Gasteiger partial charge in [-0.25, -0.2) is 4.72 Å². The van der Waals surface area contributed by atoms with Crippen LogP contribution in [0.3, 0.4) is 0 Å². The highest BCUT2D eigenvalue weighted by Gasteiger charge is 2.46. The SMILES string of the molecule is C=C1CC[C@@]2(C)CCC3=C(CCc4cc(OS(=O)(=O)NC(C)=O)ccc43)C12. The summed E-state index contributed by atoms with van der Waals surface area (Å²) < 4.78 is 30.5. The van der Waals surface area contributed by atoms with Gasteiger partial charge in [0.05, 0.1) is 0 Å². The first-order valence-corrected chi connectivity index (χ1v) is 10.8. The molecule has 2 atom stereocenters. The normalized spacial score (nSPS) is 26.9. The highest BCUT2D eigenvalue weighted by atomic mass is 32.2. The summed E-state index contributed by atoms with van der Waals surface area (Å²) in [6.07, 6.45) is 6.44. The second-order valence-corrected chi connectivity index (χ2v) is 9.54. The predicted molar refractivity (Wildman–Crippen MR) is 104 cm³/mol. The van der Waals surface area contributed by atoms with Gasteiger partial charge in [0.1, 0.15) is 5.75 Å². The Morgan fingerprint density at radius 1 is 1.22 bits per heavy atom. The molecule has 0 bridgehead atoms. The smallest absolute Gasteiger partial charge is 0.367 e. The number of carbonyl (C=O) groups is 1. The molecule has 27 heavy (non-hydrogen) atoms. The third kappa shape index (κ3) is 3.20. The summed E-state index contributed by atoms with van der Waals surface area (Å²) >= 11 is 0. The Hall–Kier alpha value is -2.08. The molecular weight excluding hydrogens is 362 g/mol. The summed E-state index contributed by atoms with van der Waals surface area (Å²) in [5.41, 5.74) is 6.99. The van der Waals surface area contributed by atoms with E-state index in [1.54, 1.807) is 17.7 Å². The molecule has 0 aromatic heterocycles. The second kappa shape index (κ2) is 6.23. The monoisotopic (exact) mass is 387 g/mol. The van der Waals surface area contributed by atoms with Crippen molar-refractivity contribution in [2.45, 2.75) is 52.4 Å². The number of aryl methyl sites for hydroxylation is 1. The maximum atomic E-state index is 11.8. The number of allylic oxidation sites excluding steroid dienone is 3. The van der Waals surface area contributed by atoms with E-state index >= 15 is 0 Å². The van der Waals surface area contributed by atoms with E-state index in [1.807, 2.05) is 10.8 Å². The van der Waals surface area contributed by atoms with Gasteiger partial charge in [0.2, 0.25) is 5.91 Å². The van der Waals surface area contributed by atoms with Crippen LogP contribution in [0, 0.1) is 11.3 Å². The van der Waals surface area contributed by atoms with Gasteiger partial charge in [0, 0.05) is 12.8 Å². The van der Waals surface area contributed by atoms with Gasteiger partial charge in [-0.15, -0.1) is 0 Å². The quantitative estimate of drug-likeness (QED) is 0.798. The van der Waals surface area contributed by atoms with Crippen LogP contribution >= 0.6 is 0 Å². The number of fused-ring (bicyclic) bond motifs is 4. The van der Waals surface area contributed by atoms with Gasteiger partial charge in [-0.05, 0) is 72.8 Å². The number of rotatable bonds is 3. The molecule has 4 rings (SSSR count). The molecule has 3 aliphatic carbocycles. The van der Waals surface area contributed by atoms with Crippen molar-refractivity contribution in [3.05, 3.63) is 47.1 Å². The number of nitrogens with one attached hydrogen (secondary N) is 1. The maximum Gasteiger partial charge on any atom is 0.409 e. The lowest BCUT2D eigenvalue weighted by Crippen LogP contribution is -2.32. The van der Waals surface area contributed by atoms with E-state index in [0.29, 0.717) is 11.3 Å². The van der Waals surface area contributed by atoms with E-state index in [-0.39, 0.29) is 5.75 Å². The minimum Gasteiger partial charge on any atom is -0.367 e. The van der Waals surface area contributed by atoms with Gasteiger partial charge < -0.3 is 4.18 Å². The molecule has 0 saturated heterocycles. The second-order valence-electron chi connectivity index (χ2n) is 8.26. The Balaban J connectivity index is 1.66. The van der Waals surface area contributed by atoms with Crippen LogP contribution in [0.2, 0.25) is 0 Å². The average molecular weight is 388 g/mol. The van der Waals surface area contributed by atoms with Gasteiger partial charge in [0.25, 0.3) is 0 Å². The van der Waals surface area contributed by atoms with Crippen molar-refractivity contribution in [3.63, 3.8) is 0 Å². The lowest BCUT2D eigenvalue weighted by Gasteiger charge is -2.42. The molecule has 1 aromatic carbocycles. The first-order chi connectivity index (χ1) is 12.7. The van der Waals surface area contributed by atoms with Crippen molar-refractivity contribution in [3.8, 4) is 5.75 Å². The molecule has 1 unspecified atom stereocenters. The molecular formula is C21H25NO4S. The molecule has 1 N–H and O–H groups in total. The van der Waals surface area contributed by atoms with Crippen LogP contribution in [0.1, 0.15) is 57.1 Å². The Bertz CT molecular complexity index is 976. The van der Waals surface area contributed by atoms with Crippen molar-refractivity contribution in [1.82, 2.24) is 4.72 Å². The van der Waals surface area contributed by atoms with E-state index in [4.69, 9.17) is 4.18 Å². The third-order valence-corrected chi connectivity index (χ3v) is 7.29. The topological polar surface area (TPSA) is 72.5 Å². The Labute approximate surface area is 160 Å². The fourth-order valence-corrected chi connectivity index (χ4v) is 5.98. The number of amides is 1. The van der Waals surface area contributed by atoms with Gasteiger partial charge in [0.15, 0.2) is 0 Å². The fraction of sp³-hybridized carbons (Fsp3) is 0.476. The molecule has 0 aliphatic heterocycles. The van der Waals surface area contributed by atoms with Crippen molar-refractivity contribution in [2.24, 2.45) is 11.3 Å². The summed E-state index contributed by atoms with van der Waals surface area (Å²) in [4.78, 5) is 11.0. The van der Waals surface area contributed by atoms with Gasteiger partial charge >= 0.3 is 10.3 Å². The molecule has 0 radical (unpaired) electrons. The van der Waals surface area contributed by atoms with Gasteiger partial charge in [-0.2, -0.15) is 8.42 Å². The Morgan fingerprint density at radius 3 is 2.70 bits per heavy atom. The summed E-state index contributed by atoms with van der Waals surface area (Å²) in [7, 11) is -4.13. The zero-order valence-corrected chi connectivity index (χ0v) is 16.6. The molecule has 144 valence electrons. The van der Waals surface area contributed by atoms with Gasteiger partial charge in [-0.1, -0.05) is 30.7 Å².